The molecule has 0 heterocycles. The summed E-state index contributed by atoms with van der Waals surface area (Å²) in [6.07, 6.45) is -0.669. The predicted octanol–water partition coefficient (Wildman–Crippen LogP) is 3.70. The number of carbonyl (C=O) groups excluding carboxylic acids is 2. The molecule has 0 aliphatic heterocycles. The third-order valence-corrected chi connectivity index (χ3v) is 3.22. The van der Waals surface area contributed by atoms with E-state index in [9.17, 15) is 9.59 Å². The van der Waals surface area contributed by atoms with E-state index in [1.54, 1.807) is 55.5 Å². The Kier molecular flexibility index (Phi) is 5.60. The summed E-state index contributed by atoms with van der Waals surface area (Å²) in [6, 6.07) is 13.6. The second-order valence-corrected chi connectivity index (χ2v) is 5.40. The van der Waals surface area contributed by atoms with Crippen molar-refractivity contribution < 1.29 is 14.3 Å². The van der Waals surface area contributed by atoms with Crippen molar-refractivity contribution in [2.75, 3.05) is 10.6 Å². The fourth-order valence-corrected chi connectivity index (χ4v) is 1.98. The van der Waals surface area contributed by atoms with E-state index in [2.05, 4.69) is 10.6 Å². The molecule has 5 nitrogen and oxygen atoms in total. The minimum atomic E-state index is -0.669. The van der Waals surface area contributed by atoms with Gasteiger partial charge in [-0.25, -0.2) is 0 Å². The van der Waals surface area contributed by atoms with E-state index in [0.717, 1.165) is 0 Å². The maximum Gasteiger partial charge on any atom is 0.265 e. The molecule has 0 bridgehead atoms. The maximum atomic E-state index is 12.1. The van der Waals surface area contributed by atoms with E-state index in [-0.39, 0.29) is 11.8 Å². The lowest BCUT2D eigenvalue weighted by molar-refractivity contribution is -0.122. The van der Waals surface area contributed by atoms with Crippen LogP contribution in [0.3, 0.4) is 0 Å². The monoisotopic (exact) mass is 332 g/mol. The molecule has 2 rings (SSSR count). The first-order valence-corrected chi connectivity index (χ1v) is 7.42. The van der Waals surface area contributed by atoms with Gasteiger partial charge in [-0.1, -0.05) is 11.6 Å². The van der Waals surface area contributed by atoms with Crippen molar-refractivity contribution in [2.45, 2.75) is 20.0 Å². The summed E-state index contributed by atoms with van der Waals surface area (Å²) in [6.45, 7) is 3.10. The molecule has 0 saturated heterocycles. The zero-order chi connectivity index (χ0) is 16.8. The highest BCUT2D eigenvalue weighted by molar-refractivity contribution is 6.30. The standard InChI is InChI=1S/C17H17ClN2O3/c1-11(17(22)20-15-5-3-13(18)4-6-15)23-16-9-7-14(8-10-16)19-12(2)21/h3-11H,1-2H3,(H,19,21)(H,20,22)/t11-/m1/s1. The lowest BCUT2D eigenvalue weighted by Gasteiger charge is -2.15. The zero-order valence-electron chi connectivity index (χ0n) is 12.8. The van der Waals surface area contributed by atoms with Crippen molar-refractivity contribution in [3.63, 3.8) is 0 Å². The summed E-state index contributed by atoms with van der Waals surface area (Å²) in [5.74, 6) is 0.130. The lowest BCUT2D eigenvalue weighted by Crippen LogP contribution is -2.30. The van der Waals surface area contributed by atoms with Crippen molar-refractivity contribution in [2.24, 2.45) is 0 Å². The van der Waals surface area contributed by atoms with Gasteiger partial charge in [-0.3, -0.25) is 9.59 Å². The molecule has 0 spiro atoms. The van der Waals surface area contributed by atoms with Gasteiger partial charge in [0.2, 0.25) is 5.91 Å². The van der Waals surface area contributed by atoms with Crippen LogP contribution in [0.15, 0.2) is 48.5 Å². The average molecular weight is 333 g/mol. The normalized spacial score (nSPS) is 11.4. The minimum Gasteiger partial charge on any atom is -0.481 e. The minimum absolute atomic E-state index is 0.144. The Morgan fingerprint density at radius 3 is 2.04 bits per heavy atom. The van der Waals surface area contributed by atoms with Gasteiger partial charge in [0.05, 0.1) is 0 Å². The van der Waals surface area contributed by atoms with Crippen molar-refractivity contribution in [3.8, 4) is 5.75 Å². The molecular weight excluding hydrogens is 316 g/mol. The van der Waals surface area contributed by atoms with Crippen molar-refractivity contribution in [3.05, 3.63) is 53.6 Å². The van der Waals surface area contributed by atoms with Gasteiger partial charge >= 0.3 is 0 Å². The number of ether oxygens (including phenoxy) is 1. The fourth-order valence-electron chi connectivity index (χ4n) is 1.85. The summed E-state index contributed by atoms with van der Waals surface area (Å²) in [5, 5.41) is 6.01. The molecule has 0 aliphatic rings. The molecule has 0 aliphatic carbocycles. The van der Waals surface area contributed by atoms with Gasteiger partial charge in [0, 0.05) is 23.3 Å². The largest absolute Gasteiger partial charge is 0.481 e. The van der Waals surface area contributed by atoms with Crippen LogP contribution in [0.1, 0.15) is 13.8 Å². The van der Waals surface area contributed by atoms with Crippen molar-refractivity contribution >= 4 is 34.8 Å². The van der Waals surface area contributed by atoms with Crippen LogP contribution in [0, 0.1) is 0 Å². The van der Waals surface area contributed by atoms with Gasteiger partial charge in [-0.05, 0) is 55.5 Å². The Labute approximate surface area is 139 Å². The van der Waals surface area contributed by atoms with E-state index in [4.69, 9.17) is 16.3 Å². The highest BCUT2D eigenvalue weighted by Gasteiger charge is 2.14. The van der Waals surface area contributed by atoms with Gasteiger partial charge in [-0.15, -0.1) is 0 Å². The maximum absolute atomic E-state index is 12.1. The molecule has 0 unspecified atom stereocenters. The third-order valence-electron chi connectivity index (χ3n) is 2.97. The van der Waals surface area contributed by atoms with Crippen molar-refractivity contribution in [1.82, 2.24) is 0 Å². The van der Waals surface area contributed by atoms with E-state index in [1.807, 2.05) is 0 Å². The molecule has 6 heteroatoms. The number of carbonyl (C=O) groups is 2. The molecular formula is C17H17ClN2O3. The van der Waals surface area contributed by atoms with E-state index in [1.165, 1.54) is 6.92 Å². The number of rotatable bonds is 5. The molecule has 2 aromatic carbocycles. The number of hydrogen-bond donors (Lipinski definition) is 2. The smallest absolute Gasteiger partial charge is 0.265 e. The lowest BCUT2D eigenvalue weighted by atomic mass is 10.2. The number of nitrogens with one attached hydrogen (secondary N) is 2. The van der Waals surface area contributed by atoms with E-state index < -0.39 is 6.10 Å². The SMILES string of the molecule is CC(=O)Nc1ccc(O[C@H](C)C(=O)Nc2ccc(Cl)cc2)cc1. The van der Waals surface area contributed by atoms with Crippen LogP contribution in [0.5, 0.6) is 5.75 Å². The van der Waals surface area contributed by atoms with Crippen LogP contribution in [0.4, 0.5) is 11.4 Å². The number of hydrogen-bond acceptors (Lipinski definition) is 3. The molecule has 23 heavy (non-hydrogen) atoms. The third kappa shape index (κ3) is 5.30. The molecule has 0 aromatic heterocycles. The summed E-state index contributed by atoms with van der Waals surface area (Å²) in [4.78, 5) is 23.0. The van der Waals surface area contributed by atoms with E-state index in [0.29, 0.717) is 22.1 Å². The number of halogens is 1. The van der Waals surface area contributed by atoms with Gasteiger partial charge in [0.25, 0.3) is 5.91 Å². The summed E-state index contributed by atoms with van der Waals surface area (Å²) in [7, 11) is 0. The first-order valence-electron chi connectivity index (χ1n) is 7.05. The zero-order valence-corrected chi connectivity index (χ0v) is 13.6. The Balaban J connectivity index is 1.92. The molecule has 120 valence electrons. The highest BCUT2D eigenvalue weighted by Crippen LogP contribution is 2.18. The topological polar surface area (TPSA) is 67.4 Å². The van der Waals surface area contributed by atoms with Gasteiger partial charge in [0.15, 0.2) is 6.10 Å². The molecule has 0 fully saturated rings. The van der Waals surface area contributed by atoms with Crippen LogP contribution >= 0.6 is 11.6 Å². The van der Waals surface area contributed by atoms with Crippen LogP contribution in [-0.2, 0) is 9.59 Å². The average Bonchev–Trinajstić information content (AvgIpc) is 2.51. The quantitative estimate of drug-likeness (QED) is 0.877. The first kappa shape index (κ1) is 16.8. The second-order valence-electron chi connectivity index (χ2n) is 4.96. The van der Waals surface area contributed by atoms with Crippen LogP contribution in [0.25, 0.3) is 0 Å². The molecule has 1 atom stereocenters. The molecule has 0 radical (unpaired) electrons. The Morgan fingerprint density at radius 2 is 1.48 bits per heavy atom. The second kappa shape index (κ2) is 7.65. The van der Waals surface area contributed by atoms with Gasteiger partial charge < -0.3 is 15.4 Å². The summed E-state index contributed by atoms with van der Waals surface area (Å²) < 4.78 is 5.58. The molecule has 0 saturated carbocycles. The molecule has 2 aromatic rings. The van der Waals surface area contributed by atoms with Crippen molar-refractivity contribution in [1.29, 1.82) is 0 Å². The predicted molar refractivity (Wildman–Crippen MR) is 90.9 cm³/mol. The highest BCUT2D eigenvalue weighted by atomic mass is 35.5. The molecule has 2 N–H and O–H groups in total. The fraction of sp³-hybridized carbons (Fsp3) is 0.176. The Bertz CT molecular complexity index is 684. The van der Waals surface area contributed by atoms with Crippen LogP contribution in [0.2, 0.25) is 5.02 Å². The van der Waals surface area contributed by atoms with Gasteiger partial charge in [-0.2, -0.15) is 0 Å². The first-order chi connectivity index (χ1) is 10.9. The van der Waals surface area contributed by atoms with Crippen LogP contribution < -0.4 is 15.4 Å². The number of anilines is 2. The Morgan fingerprint density at radius 1 is 0.957 bits per heavy atom. The van der Waals surface area contributed by atoms with E-state index >= 15 is 0 Å². The summed E-state index contributed by atoms with van der Waals surface area (Å²) in [5.41, 5.74) is 1.32. The number of benzene rings is 2. The Hall–Kier alpha value is -2.53. The number of amides is 2. The molecule has 2 amide bonds. The summed E-state index contributed by atoms with van der Waals surface area (Å²) >= 11 is 5.80. The van der Waals surface area contributed by atoms with Gasteiger partial charge in [0.1, 0.15) is 5.75 Å². The van der Waals surface area contributed by atoms with Crippen LogP contribution in [-0.4, -0.2) is 17.9 Å².